The highest BCUT2D eigenvalue weighted by Gasteiger charge is 2.22. The Morgan fingerprint density at radius 3 is 2.50 bits per heavy atom. The van der Waals surface area contributed by atoms with Gasteiger partial charge in [-0.05, 0) is 24.2 Å². The van der Waals surface area contributed by atoms with Gasteiger partial charge in [-0.15, -0.1) is 12.4 Å². The number of hydrogen-bond acceptors (Lipinski definition) is 3. The van der Waals surface area contributed by atoms with E-state index in [9.17, 15) is 0 Å². The van der Waals surface area contributed by atoms with Crippen LogP contribution in [0.4, 0.5) is 11.4 Å². The molecular formula is C9H13Cl2N3. The van der Waals surface area contributed by atoms with Gasteiger partial charge in [0, 0.05) is 18.1 Å². The smallest absolute Gasteiger partial charge is 0.0597 e. The van der Waals surface area contributed by atoms with E-state index in [0.717, 1.165) is 29.2 Å². The summed E-state index contributed by atoms with van der Waals surface area (Å²) in [6, 6.07) is 1.73. The van der Waals surface area contributed by atoms with Crippen LogP contribution in [0.15, 0.2) is 6.07 Å². The second-order valence-electron chi connectivity index (χ2n) is 3.49. The molecule has 1 aromatic carbocycles. The largest absolute Gasteiger partial charge is 0.397 e. The number of nitrogens with zero attached hydrogens (tertiary/aromatic N) is 1. The number of hydrogen-bond donors (Lipinski definition) is 2. The summed E-state index contributed by atoms with van der Waals surface area (Å²) in [5.41, 5.74) is 15.0. The molecule has 0 unspecified atom stereocenters. The number of nitrogen functional groups attached to an aromatic ring is 2. The fraction of sp³-hybridized carbons (Fsp3) is 0.333. The highest BCUT2D eigenvalue weighted by Crippen LogP contribution is 2.36. The normalized spacial score (nSPS) is 15.0. The summed E-state index contributed by atoms with van der Waals surface area (Å²) in [6.45, 7) is 1.70. The Morgan fingerprint density at radius 2 is 1.86 bits per heavy atom. The highest BCUT2D eigenvalue weighted by atomic mass is 35.5. The fourth-order valence-corrected chi connectivity index (χ4v) is 2.02. The van der Waals surface area contributed by atoms with Crippen molar-refractivity contribution in [2.45, 2.75) is 13.1 Å². The first-order chi connectivity index (χ1) is 6.09. The summed E-state index contributed by atoms with van der Waals surface area (Å²) >= 11 is 6.05. The van der Waals surface area contributed by atoms with Crippen molar-refractivity contribution >= 4 is 35.4 Å². The lowest BCUT2D eigenvalue weighted by Gasteiger charge is -2.07. The van der Waals surface area contributed by atoms with Crippen LogP contribution in [0.3, 0.4) is 0 Å². The molecule has 0 saturated heterocycles. The fourth-order valence-electron chi connectivity index (χ4n) is 1.73. The molecule has 1 aliphatic heterocycles. The molecule has 2 rings (SSSR count). The van der Waals surface area contributed by atoms with E-state index in [-0.39, 0.29) is 12.4 Å². The van der Waals surface area contributed by atoms with Crippen LogP contribution in [-0.2, 0) is 13.1 Å². The topological polar surface area (TPSA) is 55.3 Å². The Kier molecular flexibility index (Phi) is 3.14. The third kappa shape index (κ3) is 1.63. The van der Waals surface area contributed by atoms with E-state index in [2.05, 4.69) is 4.90 Å². The summed E-state index contributed by atoms with van der Waals surface area (Å²) in [7, 11) is 2.03. The zero-order valence-electron chi connectivity index (χ0n) is 7.88. The monoisotopic (exact) mass is 233 g/mol. The second-order valence-corrected chi connectivity index (χ2v) is 3.90. The van der Waals surface area contributed by atoms with Gasteiger partial charge in [0.05, 0.1) is 11.4 Å². The van der Waals surface area contributed by atoms with Crippen molar-refractivity contribution in [3.05, 3.63) is 22.2 Å². The van der Waals surface area contributed by atoms with E-state index in [1.54, 1.807) is 6.07 Å². The van der Waals surface area contributed by atoms with Crippen molar-refractivity contribution in [3.8, 4) is 0 Å². The molecule has 0 aromatic heterocycles. The van der Waals surface area contributed by atoms with E-state index < -0.39 is 0 Å². The molecule has 5 heteroatoms. The Morgan fingerprint density at radius 1 is 1.29 bits per heavy atom. The van der Waals surface area contributed by atoms with E-state index in [4.69, 9.17) is 23.1 Å². The van der Waals surface area contributed by atoms with E-state index in [0.29, 0.717) is 11.4 Å². The summed E-state index contributed by atoms with van der Waals surface area (Å²) in [6.07, 6.45) is 0. The Bertz CT molecular complexity index is 366. The van der Waals surface area contributed by atoms with Crippen molar-refractivity contribution in [1.29, 1.82) is 0 Å². The van der Waals surface area contributed by atoms with Gasteiger partial charge in [-0.1, -0.05) is 11.6 Å². The van der Waals surface area contributed by atoms with Crippen LogP contribution in [0, 0.1) is 0 Å². The minimum Gasteiger partial charge on any atom is -0.397 e. The highest BCUT2D eigenvalue weighted by molar-refractivity contribution is 6.32. The molecule has 4 N–H and O–H groups in total. The third-order valence-electron chi connectivity index (χ3n) is 2.43. The molecule has 0 fully saturated rings. The lowest BCUT2D eigenvalue weighted by molar-refractivity contribution is 0.353. The Hall–Kier alpha value is -0.640. The van der Waals surface area contributed by atoms with Crippen molar-refractivity contribution in [2.24, 2.45) is 0 Å². The molecule has 0 aliphatic carbocycles. The molecule has 1 aliphatic rings. The molecule has 0 amide bonds. The molecule has 3 nitrogen and oxygen atoms in total. The molecule has 0 bridgehead atoms. The third-order valence-corrected chi connectivity index (χ3v) is 2.76. The van der Waals surface area contributed by atoms with Gasteiger partial charge in [0.2, 0.25) is 0 Å². The molecular weight excluding hydrogens is 221 g/mol. The molecule has 0 spiro atoms. The number of benzene rings is 1. The SMILES string of the molecule is CN1Cc2c(Cl)cc(N)c(N)c2C1.Cl. The van der Waals surface area contributed by atoms with Gasteiger partial charge in [-0.25, -0.2) is 0 Å². The van der Waals surface area contributed by atoms with Crippen LogP contribution in [0.5, 0.6) is 0 Å². The summed E-state index contributed by atoms with van der Waals surface area (Å²) in [5.74, 6) is 0. The molecule has 1 heterocycles. The van der Waals surface area contributed by atoms with Gasteiger partial charge in [-0.3, -0.25) is 4.90 Å². The first-order valence-corrected chi connectivity index (χ1v) is 4.51. The minimum absolute atomic E-state index is 0. The van der Waals surface area contributed by atoms with Crippen molar-refractivity contribution in [3.63, 3.8) is 0 Å². The van der Waals surface area contributed by atoms with Gasteiger partial charge in [0.15, 0.2) is 0 Å². The van der Waals surface area contributed by atoms with Gasteiger partial charge < -0.3 is 11.5 Å². The molecule has 78 valence electrons. The first kappa shape index (κ1) is 11.4. The van der Waals surface area contributed by atoms with Gasteiger partial charge in [-0.2, -0.15) is 0 Å². The minimum atomic E-state index is 0. The lowest BCUT2D eigenvalue weighted by Crippen LogP contribution is -2.08. The van der Waals surface area contributed by atoms with E-state index in [1.165, 1.54) is 0 Å². The van der Waals surface area contributed by atoms with E-state index >= 15 is 0 Å². The van der Waals surface area contributed by atoms with Crippen molar-refractivity contribution < 1.29 is 0 Å². The standard InChI is InChI=1S/C9H12ClN3.ClH/c1-13-3-5-6(4-13)9(12)8(11)2-7(5)10;/h2H,3-4,11-12H2,1H3;1H. The van der Waals surface area contributed by atoms with Crippen LogP contribution in [0.1, 0.15) is 11.1 Å². The van der Waals surface area contributed by atoms with Crippen LogP contribution >= 0.6 is 24.0 Å². The number of rotatable bonds is 0. The quantitative estimate of drug-likeness (QED) is 0.674. The molecule has 0 atom stereocenters. The zero-order valence-corrected chi connectivity index (χ0v) is 9.45. The predicted octanol–water partition coefficient (Wildman–Crippen LogP) is 1.87. The summed E-state index contributed by atoms with van der Waals surface area (Å²) < 4.78 is 0. The predicted molar refractivity (Wildman–Crippen MR) is 62.7 cm³/mol. The molecule has 1 aromatic rings. The van der Waals surface area contributed by atoms with Crippen LogP contribution in [-0.4, -0.2) is 11.9 Å². The first-order valence-electron chi connectivity index (χ1n) is 4.13. The zero-order chi connectivity index (χ0) is 9.59. The van der Waals surface area contributed by atoms with Gasteiger partial charge >= 0.3 is 0 Å². The molecule has 14 heavy (non-hydrogen) atoms. The Labute approximate surface area is 94.4 Å². The summed E-state index contributed by atoms with van der Waals surface area (Å²) in [4.78, 5) is 2.16. The Balaban J connectivity index is 0.000000980. The molecule has 0 radical (unpaired) electrons. The summed E-state index contributed by atoms with van der Waals surface area (Å²) in [5, 5.41) is 0.728. The number of nitrogens with two attached hydrogens (primary N) is 2. The maximum atomic E-state index is 6.05. The second kappa shape index (κ2) is 3.85. The number of halogens is 2. The average molecular weight is 234 g/mol. The number of anilines is 2. The average Bonchev–Trinajstić information content (AvgIpc) is 2.44. The van der Waals surface area contributed by atoms with Crippen molar-refractivity contribution in [2.75, 3.05) is 18.5 Å². The van der Waals surface area contributed by atoms with Crippen LogP contribution < -0.4 is 11.5 Å². The van der Waals surface area contributed by atoms with Crippen LogP contribution in [0.2, 0.25) is 5.02 Å². The lowest BCUT2D eigenvalue weighted by atomic mass is 10.1. The van der Waals surface area contributed by atoms with E-state index in [1.807, 2.05) is 7.05 Å². The number of fused-ring (bicyclic) bond motifs is 1. The van der Waals surface area contributed by atoms with Gasteiger partial charge in [0.25, 0.3) is 0 Å². The molecule has 0 saturated carbocycles. The van der Waals surface area contributed by atoms with Gasteiger partial charge in [0.1, 0.15) is 0 Å². The van der Waals surface area contributed by atoms with Crippen molar-refractivity contribution in [1.82, 2.24) is 4.90 Å². The maximum Gasteiger partial charge on any atom is 0.0597 e. The van der Waals surface area contributed by atoms with Crippen LogP contribution in [0.25, 0.3) is 0 Å². The maximum absolute atomic E-state index is 6.05.